The van der Waals surface area contributed by atoms with Crippen molar-refractivity contribution < 1.29 is 0 Å². The van der Waals surface area contributed by atoms with Gasteiger partial charge in [0.05, 0.1) is 5.41 Å². The molecule has 1 atom stereocenters. The van der Waals surface area contributed by atoms with Crippen molar-refractivity contribution in [3.05, 3.63) is 211 Å². The quantitative estimate of drug-likeness (QED) is 0.162. The zero-order valence-electron chi connectivity index (χ0n) is 30.3. The fraction of sp³-hybridized carbons (Fsp3) is 0.0185. The summed E-state index contributed by atoms with van der Waals surface area (Å²) in [5.74, 6) is 0. The molecule has 0 saturated carbocycles. The zero-order valence-corrected chi connectivity index (χ0v) is 31.1. The third-order valence-corrected chi connectivity index (χ3v) is 13.9. The Balaban J connectivity index is 1.14. The third kappa shape index (κ3) is 3.82. The van der Waals surface area contributed by atoms with Crippen LogP contribution in [0.3, 0.4) is 0 Å². The van der Waals surface area contributed by atoms with E-state index in [0.29, 0.717) is 0 Å². The maximum atomic E-state index is 4.73. The van der Waals surface area contributed by atoms with E-state index in [0.717, 1.165) is 0 Å². The topological polar surface area (TPSA) is 12.9 Å². The Hall–Kier alpha value is -6.87. The van der Waals surface area contributed by atoms with Gasteiger partial charge in [0.1, 0.15) is 0 Å². The molecule has 0 N–H and O–H groups in total. The molecule has 13 rings (SSSR count). The smallest absolute Gasteiger partial charge is 0.0727 e. The van der Waals surface area contributed by atoms with Gasteiger partial charge in [-0.2, -0.15) is 0 Å². The van der Waals surface area contributed by atoms with E-state index in [1.807, 2.05) is 17.5 Å². The summed E-state index contributed by atoms with van der Waals surface area (Å²) in [6.07, 6.45) is 4.07. The zero-order chi connectivity index (χ0) is 36.5. The molecule has 2 heteroatoms. The van der Waals surface area contributed by atoms with Crippen molar-refractivity contribution in [3.63, 3.8) is 0 Å². The van der Waals surface area contributed by atoms with Gasteiger partial charge < -0.3 is 0 Å². The number of rotatable bonds is 2. The minimum atomic E-state index is -0.485. The van der Waals surface area contributed by atoms with Crippen LogP contribution in [0.1, 0.15) is 22.3 Å². The summed E-state index contributed by atoms with van der Waals surface area (Å²) < 4.78 is 2.67. The number of hydrogen-bond donors (Lipinski definition) is 0. The number of pyridine rings is 1. The molecule has 2 aromatic heterocycles. The average molecular weight is 726 g/mol. The maximum absolute atomic E-state index is 4.73. The maximum Gasteiger partial charge on any atom is 0.0727 e. The summed E-state index contributed by atoms with van der Waals surface area (Å²) in [4.78, 5) is 4.73. The number of fused-ring (bicyclic) bond motifs is 16. The first-order valence-electron chi connectivity index (χ1n) is 19.4. The molecule has 258 valence electrons. The monoisotopic (exact) mass is 725 g/mol. The van der Waals surface area contributed by atoms with Crippen molar-refractivity contribution in [1.29, 1.82) is 0 Å². The fourth-order valence-electron chi connectivity index (χ4n) is 10.6. The van der Waals surface area contributed by atoms with E-state index in [1.54, 1.807) is 0 Å². The van der Waals surface area contributed by atoms with Crippen LogP contribution in [0.25, 0.3) is 97.0 Å². The van der Waals surface area contributed by atoms with E-state index in [9.17, 15) is 0 Å². The summed E-state index contributed by atoms with van der Waals surface area (Å²) >= 11 is 1.90. The summed E-state index contributed by atoms with van der Waals surface area (Å²) in [6.45, 7) is 0. The van der Waals surface area contributed by atoms with Crippen LogP contribution in [0.15, 0.2) is 188 Å². The standard InChI is InChI=1S/C54H31NS/c1-2-14-34-32(12-1)13-11-21-38(34)53-41-19-5-3-17-39(41)52(40-18-4-6-20-42(40)53)33-24-25-36-45-31-55-27-26-47(45)54(48(36)28-33)46-22-9-7-15-35(46)43-30-51-44(29-49(43)54)37-16-8-10-23-50(37)56-51/h1-31H. The van der Waals surface area contributed by atoms with Gasteiger partial charge in [0, 0.05) is 38.1 Å². The normalized spacial score (nSPS) is 15.2. The molecule has 1 nitrogen and oxygen atoms in total. The van der Waals surface area contributed by atoms with E-state index in [-0.39, 0.29) is 0 Å². The Morgan fingerprint density at radius 1 is 0.357 bits per heavy atom. The average Bonchev–Trinajstić information content (AvgIpc) is 3.88. The van der Waals surface area contributed by atoms with Crippen LogP contribution in [0.2, 0.25) is 0 Å². The highest BCUT2D eigenvalue weighted by molar-refractivity contribution is 7.25. The Labute approximate surface area is 327 Å². The predicted molar refractivity (Wildman–Crippen MR) is 237 cm³/mol. The first-order valence-corrected chi connectivity index (χ1v) is 20.2. The second-order valence-corrected chi connectivity index (χ2v) is 16.4. The molecule has 9 aromatic carbocycles. The number of nitrogens with zero attached hydrogens (tertiary/aromatic N) is 1. The van der Waals surface area contributed by atoms with Gasteiger partial charge in [-0.15, -0.1) is 11.3 Å². The molecular formula is C54H31NS. The van der Waals surface area contributed by atoms with Gasteiger partial charge in [-0.1, -0.05) is 146 Å². The lowest BCUT2D eigenvalue weighted by Crippen LogP contribution is -2.26. The minimum absolute atomic E-state index is 0.485. The molecular weight excluding hydrogens is 695 g/mol. The van der Waals surface area contributed by atoms with Crippen LogP contribution in [0.5, 0.6) is 0 Å². The van der Waals surface area contributed by atoms with Gasteiger partial charge >= 0.3 is 0 Å². The molecule has 2 heterocycles. The van der Waals surface area contributed by atoms with Crippen LogP contribution >= 0.6 is 11.3 Å². The number of hydrogen-bond acceptors (Lipinski definition) is 2. The van der Waals surface area contributed by atoms with Crippen molar-refractivity contribution in [2.45, 2.75) is 5.41 Å². The lowest BCUT2D eigenvalue weighted by molar-refractivity contribution is 0.794. The fourth-order valence-corrected chi connectivity index (χ4v) is 11.7. The molecule has 0 fully saturated rings. The van der Waals surface area contributed by atoms with Crippen molar-refractivity contribution in [2.24, 2.45) is 0 Å². The molecule has 0 radical (unpaired) electrons. The van der Waals surface area contributed by atoms with Crippen LogP contribution in [-0.4, -0.2) is 4.98 Å². The highest BCUT2D eigenvalue weighted by Gasteiger charge is 2.52. The van der Waals surface area contributed by atoms with E-state index >= 15 is 0 Å². The summed E-state index contributed by atoms with van der Waals surface area (Å²) in [5, 5.41) is 10.2. The number of aromatic nitrogens is 1. The van der Waals surface area contributed by atoms with Crippen LogP contribution in [0.4, 0.5) is 0 Å². The van der Waals surface area contributed by atoms with Gasteiger partial charge in [-0.05, 0) is 124 Å². The largest absolute Gasteiger partial charge is 0.264 e. The SMILES string of the molecule is c1ccc2c(c1)-c1cc3sc4ccccc4c3cc1C21c2ccncc2-c2ccc(-c3c4ccccc4c(-c4cccc5ccccc45)c4ccccc34)cc21. The number of benzene rings is 9. The van der Waals surface area contributed by atoms with E-state index in [4.69, 9.17) is 4.98 Å². The van der Waals surface area contributed by atoms with E-state index in [1.165, 1.54) is 119 Å². The predicted octanol–water partition coefficient (Wildman–Crippen LogP) is 14.6. The van der Waals surface area contributed by atoms with Crippen LogP contribution in [0, 0.1) is 0 Å². The third-order valence-electron chi connectivity index (χ3n) is 12.8. The molecule has 1 spiro atoms. The van der Waals surface area contributed by atoms with Crippen molar-refractivity contribution in [1.82, 2.24) is 4.98 Å². The van der Waals surface area contributed by atoms with Gasteiger partial charge in [-0.3, -0.25) is 4.98 Å². The summed E-state index contributed by atoms with van der Waals surface area (Å²) in [5.41, 5.74) is 15.1. The molecule has 0 aliphatic heterocycles. The molecule has 1 unspecified atom stereocenters. The Morgan fingerprint density at radius 2 is 0.964 bits per heavy atom. The lowest BCUT2D eigenvalue weighted by atomic mass is 9.70. The first-order chi connectivity index (χ1) is 27.8. The van der Waals surface area contributed by atoms with Gasteiger partial charge in [0.2, 0.25) is 0 Å². The molecule has 11 aromatic rings. The van der Waals surface area contributed by atoms with Crippen molar-refractivity contribution in [2.75, 3.05) is 0 Å². The highest BCUT2D eigenvalue weighted by Crippen LogP contribution is 2.64. The van der Waals surface area contributed by atoms with Crippen LogP contribution < -0.4 is 0 Å². The lowest BCUT2D eigenvalue weighted by Gasteiger charge is -2.31. The summed E-state index contributed by atoms with van der Waals surface area (Å²) in [7, 11) is 0. The second kappa shape index (κ2) is 11.1. The molecule has 2 aliphatic carbocycles. The molecule has 2 aliphatic rings. The van der Waals surface area contributed by atoms with E-state index < -0.39 is 5.41 Å². The van der Waals surface area contributed by atoms with Crippen molar-refractivity contribution in [3.8, 4) is 44.5 Å². The molecule has 0 amide bonds. The summed E-state index contributed by atoms with van der Waals surface area (Å²) in [6, 6.07) is 66.1. The molecule has 0 saturated heterocycles. The Morgan fingerprint density at radius 3 is 1.79 bits per heavy atom. The van der Waals surface area contributed by atoms with Gasteiger partial charge in [0.15, 0.2) is 0 Å². The second-order valence-electron chi connectivity index (χ2n) is 15.3. The Kier molecular flexibility index (Phi) is 6.04. The molecule has 56 heavy (non-hydrogen) atoms. The van der Waals surface area contributed by atoms with Crippen LogP contribution in [-0.2, 0) is 5.41 Å². The Bertz CT molecular complexity index is 3430. The highest BCUT2D eigenvalue weighted by atomic mass is 32.1. The number of thiophene rings is 1. The van der Waals surface area contributed by atoms with Gasteiger partial charge in [0.25, 0.3) is 0 Å². The van der Waals surface area contributed by atoms with Crippen molar-refractivity contribution >= 4 is 63.8 Å². The first kappa shape index (κ1) is 30.5. The van der Waals surface area contributed by atoms with Gasteiger partial charge in [-0.25, -0.2) is 0 Å². The minimum Gasteiger partial charge on any atom is -0.264 e. The van der Waals surface area contributed by atoms with E-state index in [2.05, 4.69) is 182 Å². The molecule has 0 bridgehead atoms.